The van der Waals surface area contributed by atoms with E-state index in [1.54, 1.807) is 4.90 Å². The van der Waals surface area contributed by atoms with Crippen molar-refractivity contribution >= 4 is 11.8 Å². The van der Waals surface area contributed by atoms with Gasteiger partial charge in [0.25, 0.3) is 5.56 Å². The number of carbonyl (C=O) groups excluding carboxylic acids is 2. The zero-order valence-corrected chi connectivity index (χ0v) is 18.9. The third-order valence-electron chi connectivity index (χ3n) is 5.24. The number of piperazine rings is 1. The molecule has 0 unspecified atom stereocenters. The minimum atomic E-state index is -0.507. The van der Waals surface area contributed by atoms with Gasteiger partial charge in [0.05, 0.1) is 13.1 Å². The number of amides is 2. The predicted molar refractivity (Wildman–Crippen MR) is 121 cm³/mol. The topological polar surface area (TPSA) is 96.7 Å². The standard InChI is InChI=1S/C23H31N5O4/c1-23(2,3)24-19(29)16-25-11-13-26(14-12-25)21(31)17-28-20(30)9-10-27(22(28)32)15-18-7-5-4-6-8-18/h4-10H,11-17H2,1-3H3,(H,24,29). The van der Waals surface area contributed by atoms with Crippen LogP contribution in [0.25, 0.3) is 0 Å². The first-order chi connectivity index (χ1) is 15.1. The largest absolute Gasteiger partial charge is 0.350 e. The van der Waals surface area contributed by atoms with Crippen LogP contribution in [0.3, 0.4) is 0 Å². The number of hydrogen-bond donors (Lipinski definition) is 1. The molecule has 172 valence electrons. The fourth-order valence-corrected chi connectivity index (χ4v) is 3.65. The normalized spacial score (nSPS) is 14.9. The Bertz CT molecular complexity index is 1060. The second-order valence-electron chi connectivity index (χ2n) is 9.09. The van der Waals surface area contributed by atoms with Crippen LogP contribution in [0.15, 0.2) is 52.2 Å². The van der Waals surface area contributed by atoms with Crippen molar-refractivity contribution in [1.29, 1.82) is 0 Å². The van der Waals surface area contributed by atoms with Crippen molar-refractivity contribution in [2.75, 3.05) is 32.7 Å². The third-order valence-corrected chi connectivity index (χ3v) is 5.24. The zero-order chi connectivity index (χ0) is 23.3. The molecule has 0 aliphatic carbocycles. The Morgan fingerprint density at radius 2 is 1.59 bits per heavy atom. The third kappa shape index (κ3) is 6.40. The Morgan fingerprint density at radius 1 is 0.938 bits per heavy atom. The molecule has 1 aromatic heterocycles. The molecule has 1 saturated heterocycles. The van der Waals surface area contributed by atoms with E-state index in [0.717, 1.165) is 10.1 Å². The highest BCUT2D eigenvalue weighted by atomic mass is 16.2. The summed E-state index contributed by atoms with van der Waals surface area (Å²) >= 11 is 0. The SMILES string of the molecule is CC(C)(C)NC(=O)CN1CCN(C(=O)Cn2c(=O)ccn(Cc3ccccc3)c2=O)CC1. The Morgan fingerprint density at radius 3 is 2.22 bits per heavy atom. The van der Waals surface area contributed by atoms with E-state index in [-0.39, 0.29) is 30.4 Å². The first-order valence-corrected chi connectivity index (χ1v) is 10.8. The monoisotopic (exact) mass is 441 g/mol. The summed E-state index contributed by atoms with van der Waals surface area (Å²) in [6.45, 7) is 8.12. The van der Waals surface area contributed by atoms with Gasteiger partial charge < -0.3 is 10.2 Å². The van der Waals surface area contributed by atoms with Crippen molar-refractivity contribution in [1.82, 2.24) is 24.3 Å². The molecule has 9 heteroatoms. The quantitative estimate of drug-likeness (QED) is 0.687. The molecule has 1 N–H and O–H groups in total. The van der Waals surface area contributed by atoms with Crippen LogP contribution in [0.5, 0.6) is 0 Å². The van der Waals surface area contributed by atoms with Gasteiger partial charge in [0.15, 0.2) is 0 Å². The molecule has 2 amide bonds. The van der Waals surface area contributed by atoms with Gasteiger partial charge in [0.1, 0.15) is 6.54 Å². The number of rotatable bonds is 6. The maximum absolute atomic E-state index is 12.8. The summed E-state index contributed by atoms with van der Waals surface area (Å²) in [4.78, 5) is 53.6. The van der Waals surface area contributed by atoms with Crippen molar-refractivity contribution < 1.29 is 9.59 Å². The van der Waals surface area contributed by atoms with E-state index in [1.807, 2.05) is 56.0 Å². The molecule has 1 fully saturated rings. The molecule has 1 aliphatic heterocycles. The minimum absolute atomic E-state index is 0.0490. The van der Waals surface area contributed by atoms with Crippen LogP contribution < -0.4 is 16.6 Å². The fourth-order valence-electron chi connectivity index (χ4n) is 3.65. The Hall–Kier alpha value is -3.20. The Kier molecular flexibility index (Phi) is 7.29. The van der Waals surface area contributed by atoms with Gasteiger partial charge in [-0.2, -0.15) is 0 Å². The Labute approximate surface area is 187 Å². The van der Waals surface area contributed by atoms with Crippen LogP contribution in [0.2, 0.25) is 0 Å². The van der Waals surface area contributed by atoms with Gasteiger partial charge in [0, 0.05) is 44.0 Å². The highest BCUT2D eigenvalue weighted by Crippen LogP contribution is 2.05. The van der Waals surface area contributed by atoms with E-state index in [0.29, 0.717) is 32.7 Å². The van der Waals surface area contributed by atoms with Gasteiger partial charge in [-0.15, -0.1) is 0 Å². The van der Waals surface area contributed by atoms with E-state index < -0.39 is 11.2 Å². The highest BCUT2D eigenvalue weighted by molar-refractivity contribution is 5.79. The van der Waals surface area contributed by atoms with Crippen LogP contribution in [0, 0.1) is 0 Å². The smallest absolute Gasteiger partial charge is 0.331 e. The molecule has 0 saturated carbocycles. The van der Waals surface area contributed by atoms with Crippen LogP contribution in [-0.4, -0.2) is 69.0 Å². The van der Waals surface area contributed by atoms with Crippen LogP contribution in [0.1, 0.15) is 26.3 Å². The fraction of sp³-hybridized carbons (Fsp3) is 0.478. The lowest BCUT2D eigenvalue weighted by atomic mass is 10.1. The van der Waals surface area contributed by atoms with Crippen molar-refractivity contribution in [2.45, 2.75) is 39.4 Å². The number of benzene rings is 1. The van der Waals surface area contributed by atoms with E-state index in [4.69, 9.17) is 0 Å². The summed E-state index contributed by atoms with van der Waals surface area (Å²) in [5.74, 6) is -0.326. The number of hydrogen-bond acceptors (Lipinski definition) is 5. The highest BCUT2D eigenvalue weighted by Gasteiger charge is 2.24. The molecule has 0 atom stereocenters. The average molecular weight is 442 g/mol. The van der Waals surface area contributed by atoms with Gasteiger partial charge in [-0.05, 0) is 26.3 Å². The minimum Gasteiger partial charge on any atom is -0.350 e. The summed E-state index contributed by atoms with van der Waals surface area (Å²) < 4.78 is 2.41. The average Bonchev–Trinajstić information content (AvgIpc) is 2.73. The molecular formula is C23H31N5O4. The van der Waals surface area contributed by atoms with Crippen LogP contribution in [-0.2, 0) is 22.7 Å². The van der Waals surface area contributed by atoms with E-state index in [2.05, 4.69) is 5.32 Å². The summed E-state index contributed by atoms with van der Waals surface area (Å²) in [5, 5.41) is 2.93. The molecule has 1 aromatic carbocycles. The second-order valence-corrected chi connectivity index (χ2v) is 9.09. The van der Waals surface area contributed by atoms with Crippen molar-refractivity contribution in [3.05, 3.63) is 69.0 Å². The Balaban J connectivity index is 1.59. The number of nitrogens with one attached hydrogen (secondary N) is 1. The number of nitrogens with zero attached hydrogens (tertiary/aromatic N) is 4. The summed E-state index contributed by atoms with van der Waals surface area (Å²) in [6, 6.07) is 10.8. The van der Waals surface area contributed by atoms with E-state index >= 15 is 0 Å². The molecule has 0 radical (unpaired) electrons. The van der Waals surface area contributed by atoms with Crippen LogP contribution >= 0.6 is 0 Å². The molecule has 2 aromatic rings. The first kappa shape index (κ1) is 23.5. The van der Waals surface area contributed by atoms with Crippen molar-refractivity contribution in [2.24, 2.45) is 0 Å². The first-order valence-electron chi connectivity index (χ1n) is 10.8. The molecule has 2 heterocycles. The van der Waals surface area contributed by atoms with Crippen molar-refractivity contribution in [3.63, 3.8) is 0 Å². The maximum Gasteiger partial charge on any atom is 0.331 e. The lowest BCUT2D eigenvalue weighted by molar-refractivity contribution is -0.134. The van der Waals surface area contributed by atoms with Crippen molar-refractivity contribution in [3.8, 4) is 0 Å². The zero-order valence-electron chi connectivity index (χ0n) is 18.9. The molecule has 0 spiro atoms. The number of aromatic nitrogens is 2. The summed E-state index contributed by atoms with van der Waals surface area (Å²) in [6.07, 6.45) is 1.46. The molecule has 9 nitrogen and oxygen atoms in total. The predicted octanol–water partition coefficient (Wildman–Crippen LogP) is 0.117. The lowest BCUT2D eigenvalue weighted by Crippen LogP contribution is -2.54. The number of carbonyl (C=O) groups is 2. The molecule has 0 bridgehead atoms. The lowest BCUT2D eigenvalue weighted by Gasteiger charge is -2.35. The molecule has 32 heavy (non-hydrogen) atoms. The molecule has 1 aliphatic rings. The van der Waals surface area contributed by atoms with Crippen LogP contribution in [0.4, 0.5) is 0 Å². The molecule has 3 rings (SSSR count). The van der Waals surface area contributed by atoms with Gasteiger partial charge in [-0.1, -0.05) is 30.3 Å². The van der Waals surface area contributed by atoms with Gasteiger partial charge in [-0.3, -0.25) is 28.4 Å². The molecular weight excluding hydrogens is 410 g/mol. The summed E-state index contributed by atoms with van der Waals surface area (Å²) in [7, 11) is 0. The van der Waals surface area contributed by atoms with Gasteiger partial charge in [0.2, 0.25) is 11.8 Å². The summed E-state index contributed by atoms with van der Waals surface area (Å²) in [5.41, 5.74) is -0.360. The van der Waals surface area contributed by atoms with E-state index in [9.17, 15) is 19.2 Å². The van der Waals surface area contributed by atoms with Gasteiger partial charge in [-0.25, -0.2) is 4.79 Å². The second kappa shape index (κ2) is 9.95. The van der Waals surface area contributed by atoms with Gasteiger partial charge >= 0.3 is 5.69 Å². The van der Waals surface area contributed by atoms with E-state index in [1.165, 1.54) is 16.8 Å². The maximum atomic E-state index is 12.8.